The summed E-state index contributed by atoms with van der Waals surface area (Å²) in [5.41, 5.74) is 3.59. The number of thioether (sulfide) groups is 1. The smallest absolute Gasteiger partial charge is 0.288 e. The Kier molecular flexibility index (Phi) is 5.75. The fraction of sp³-hybridized carbons (Fsp3) is 0.0556. The Balaban J connectivity index is 1.61. The van der Waals surface area contributed by atoms with Crippen LogP contribution in [0.5, 0.6) is 0 Å². The first-order valence-electron chi connectivity index (χ1n) is 7.50. The van der Waals surface area contributed by atoms with Crippen LogP contribution in [-0.2, 0) is 0 Å². The highest BCUT2D eigenvalue weighted by Gasteiger charge is 2.07. The summed E-state index contributed by atoms with van der Waals surface area (Å²) in [4.78, 5) is 16.1. The van der Waals surface area contributed by atoms with Gasteiger partial charge in [0.15, 0.2) is 0 Å². The van der Waals surface area contributed by atoms with Crippen molar-refractivity contribution in [1.29, 1.82) is 0 Å². The second-order valence-corrected chi connectivity index (χ2v) is 6.10. The third-order valence-corrected chi connectivity index (χ3v) is 4.01. The molecule has 0 saturated carbocycles. The molecule has 5 nitrogen and oxygen atoms in total. The normalized spacial score (nSPS) is 11.2. The van der Waals surface area contributed by atoms with Crippen molar-refractivity contribution in [2.75, 3.05) is 0 Å². The first-order valence-corrected chi connectivity index (χ1v) is 8.38. The second-order valence-electron chi connectivity index (χ2n) is 5.04. The van der Waals surface area contributed by atoms with Gasteiger partial charge in [0.1, 0.15) is 11.5 Å². The molecule has 0 saturated heterocycles. The van der Waals surface area contributed by atoms with Gasteiger partial charge in [0.2, 0.25) is 0 Å². The van der Waals surface area contributed by atoms with Crippen molar-refractivity contribution in [2.24, 2.45) is 5.10 Å². The van der Waals surface area contributed by atoms with Gasteiger partial charge in [-0.25, -0.2) is 5.43 Å². The Bertz CT molecular complexity index is 896. The molecule has 0 spiro atoms. The summed E-state index contributed by atoms with van der Waals surface area (Å²) in [5, 5.41) is 3.85. The molecule has 2 heterocycles. The van der Waals surface area contributed by atoms with Gasteiger partial charge in [0, 0.05) is 28.4 Å². The van der Waals surface area contributed by atoms with Crippen LogP contribution >= 0.6 is 11.8 Å². The standard InChI is InChI=1S/C18H13F2N3O2S/c19-18(20)26-15-4-1-12(2-5-15)16-6-3-14(25-16)11-22-23-17(24)13-7-9-21-10-8-13/h1-11,18H,(H,23,24)/b22-11-. The molecular weight excluding hydrogens is 360 g/mol. The van der Waals surface area contributed by atoms with E-state index in [2.05, 4.69) is 15.5 Å². The molecule has 0 radical (unpaired) electrons. The number of nitrogens with zero attached hydrogens (tertiary/aromatic N) is 2. The minimum absolute atomic E-state index is 0.359. The fourth-order valence-electron chi connectivity index (χ4n) is 2.10. The molecule has 26 heavy (non-hydrogen) atoms. The summed E-state index contributed by atoms with van der Waals surface area (Å²) in [6, 6.07) is 13.2. The zero-order valence-electron chi connectivity index (χ0n) is 13.3. The first kappa shape index (κ1) is 17.8. The SMILES string of the molecule is O=C(N/N=C\c1ccc(-c2ccc(SC(F)F)cc2)o1)c1ccncc1. The number of hydrogen-bond donors (Lipinski definition) is 1. The molecule has 3 aromatic rings. The topological polar surface area (TPSA) is 67.5 Å². The Morgan fingerprint density at radius 1 is 1.12 bits per heavy atom. The number of pyridine rings is 1. The van der Waals surface area contributed by atoms with Gasteiger partial charge in [-0.05, 0) is 36.4 Å². The maximum Gasteiger partial charge on any atom is 0.288 e. The number of hydrazone groups is 1. The number of carbonyl (C=O) groups excluding carboxylic acids is 1. The maximum atomic E-state index is 12.3. The predicted molar refractivity (Wildman–Crippen MR) is 95.3 cm³/mol. The summed E-state index contributed by atoms with van der Waals surface area (Å²) >= 11 is 0.490. The van der Waals surface area contributed by atoms with Crippen LogP contribution in [0, 0.1) is 0 Å². The number of halogens is 2. The molecule has 0 aliphatic heterocycles. The van der Waals surface area contributed by atoms with Crippen LogP contribution in [0.2, 0.25) is 0 Å². The van der Waals surface area contributed by atoms with Gasteiger partial charge in [-0.2, -0.15) is 13.9 Å². The van der Waals surface area contributed by atoms with E-state index in [0.29, 0.717) is 33.7 Å². The van der Waals surface area contributed by atoms with Crippen molar-refractivity contribution in [3.63, 3.8) is 0 Å². The van der Waals surface area contributed by atoms with Crippen LogP contribution in [0.15, 0.2) is 75.3 Å². The van der Waals surface area contributed by atoms with Crippen molar-refractivity contribution in [3.8, 4) is 11.3 Å². The molecule has 0 bridgehead atoms. The van der Waals surface area contributed by atoms with Crippen molar-refractivity contribution >= 4 is 23.9 Å². The summed E-state index contributed by atoms with van der Waals surface area (Å²) in [5.74, 6) is -1.79. The van der Waals surface area contributed by atoms with Crippen molar-refractivity contribution < 1.29 is 18.0 Å². The Hall–Kier alpha value is -3.00. The average molecular weight is 373 g/mol. The third-order valence-electron chi connectivity index (χ3n) is 3.29. The molecule has 0 fully saturated rings. The third kappa shape index (κ3) is 4.76. The van der Waals surface area contributed by atoms with Gasteiger partial charge in [-0.1, -0.05) is 23.9 Å². The zero-order valence-corrected chi connectivity index (χ0v) is 14.1. The first-order chi connectivity index (χ1) is 12.6. The van der Waals surface area contributed by atoms with Crippen LogP contribution in [-0.4, -0.2) is 22.9 Å². The number of amides is 1. The molecule has 0 aliphatic rings. The number of carbonyl (C=O) groups is 1. The van der Waals surface area contributed by atoms with E-state index in [4.69, 9.17) is 4.42 Å². The van der Waals surface area contributed by atoms with Crippen LogP contribution in [0.4, 0.5) is 8.78 Å². The van der Waals surface area contributed by atoms with Gasteiger partial charge < -0.3 is 4.42 Å². The lowest BCUT2D eigenvalue weighted by molar-refractivity contribution is 0.0955. The largest absolute Gasteiger partial charge is 0.455 e. The minimum Gasteiger partial charge on any atom is -0.455 e. The number of furan rings is 1. The minimum atomic E-state index is -2.45. The molecule has 132 valence electrons. The zero-order chi connectivity index (χ0) is 18.4. The summed E-state index contributed by atoms with van der Waals surface area (Å²) < 4.78 is 30.3. The van der Waals surface area contributed by atoms with Crippen molar-refractivity contribution in [2.45, 2.75) is 10.7 Å². The van der Waals surface area contributed by atoms with E-state index >= 15 is 0 Å². The number of aromatic nitrogens is 1. The monoisotopic (exact) mass is 373 g/mol. The van der Waals surface area contributed by atoms with Gasteiger partial charge in [-0.3, -0.25) is 9.78 Å². The molecule has 1 amide bonds. The van der Waals surface area contributed by atoms with Crippen LogP contribution in [0.3, 0.4) is 0 Å². The average Bonchev–Trinajstić information content (AvgIpc) is 3.11. The highest BCUT2D eigenvalue weighted by Crippen LogP contribution is 2.28. The van der Waals surface area contributed by atoms with E-state index in [1.54, 1.807) is 48.5 Å². The molecule has 1 aromatic carbocycles. The molecule has 8 heteroatoms. The van der Waals surface area contributed by atoms with E-state index in [-0.39, 0.29) is 5.91 Å². The molecule has 0 unspecified atom stereocenters. The van der Waals surface area contributed by atoms with Crippen LogP contribution < -0.4 is 5.43 Å². The van der Waals surface area contributed by atoms with E-state index in [0.717, 1.165) is 5.56 Å². The lowest BCUT2D eigenvalue weighted by Gasteiger charge is -2.01. The predicted octanol–water partition coefficient (Wildman–Crippen LogP) is 4.42. The molecular formula is C18H13F2N3O2S. The molecule has 0 atom stereocenters. The Morgan fingerprint density at radius 3 is 2.54 bits per heavy atom. The lowest BCUT2D eigenvalue weighted by atomic mass is 10.2. The van der Waals surface area contributed by atoms with Crippen LogP contribution in [0.25, 0.3) is 11.3 Å². The number of hydrogen-bond acceptors (Lipinski definition) is 5. The van der Waals surface area contributed by atoms with Gasteiger partial charge in [0.05, 0.1) is 6.21 Å². The van der Waals surface area contributed by atoms with E-state index < -0.39 is 5.76 Å². The van der Waals surface area contributed by atoms with Crippen molar-refractivity contribution in [3.05, 3.63) is 72.2 Å². The Labute approximate surface area is 152 Å². The summed E-state index contributed by atoms with van der Waals surface area (Å²) in [6.45, 7) is 0. The van der Waals surface area contributed by atoms with Crippen LogP contribution in [0.1, 0.15) is 16.1 Å². The van der Waals surface area contributed by atoms with Gasteiger partial charge >= 0.3 is 0 Å². The van der Waals surface area contributed by atoms with E-state index in [1.807, 2.05) is 0 Å². The molecule has 0 aliphatic carbocycles. The number of nitrogens with one attached hydrogen (secondary N) is 1. The molecule has 2 aromatic heterocycles. The summed E-state index contributed by atoms with van der Waals surface area (Å²) in [6.07, 6.45) is 4.41. The highest BCUT2D eigenvalue weighted by molar-refractivity contribution is 7.99. The van der Waals surface area contributed by atoms with Gasteiger partial charge in [-0.15, -0.1) is 0 Å². The lowest BCUT2D eigenvalue weighted by Crippen LogP contribution is -2.17. The highest BCUT2D eigenvalue weighted by atomic mass is 32.2. The Morgan fingerprint density at radius 2 is 1.85 bits per heavy atom. The fourth-order valence-corrected chi connectivity index (χ4v) is 2.60. The van der Waals surface area contributed by atoms with Gasteiger partial charge in [0.25, 0.3) is 11.7 Å². The quantitative estimate of drug-likeness (QED) is 0.395. The van der Waals surface area contributed by atoms with E-state index in [1.165, 1.54) is 18.6 Å². The molecule has 3 rings (SSSR count). The molecule has 1 N–H and O–H groups in total. The van der Waals surface area contributed by atoms with Crippen molar-refractivity contribution in [1.82, 2.24) is 10.4 Å². The second kappa shape index (κ2) is 8.39. The number of rotatable bonds is 6. The summed E-state index contributed by atoms with van der Waals surface area (Å²) in [7, 11) is 0. The number of alkyl halides is 2. The van der Waals surface area contributed by atoms with E-state index in [9.17, 15) is 13.6 Å². The number of benzene rings is 1. The maximum absolute atomic E-state index is 12.3.